The highest BCUT2D eigenvalue weighted by atomic mass is 19.1. The molecular formula is C10H7FN4. The van der Waals surface area contributed by atoms with Gasteiger partial charge in [0.25, 0.3) is 0 Å². The van der Waals surface area contributed by atoms with Crippen LogP contribution in [0.5, 0.6) is 0 Å². The number of anilines is 2. The molecule has 0 amide bonds. The van der Waals surface area contributed by atoms with Gasteiger partial charge in [0.15, 0.2) is 0 Å². The Morgan fingerprint density at radius 3 is 3.00 bits per heavy atom. The highest BCUT2D eigenvalue weighted by Gasteiger charge is 2.04. The number of hydrogen-bond donors (Lipinski definition) is 2. The fourth-order valence-electron chi connectivity index (χ4n) is 1.19. The molecule has 74 valence electrons. The summed E-state index contributed by atoms with van der Waals surface area (Å²) < 4.78 is 12.8. The van der Waals surface area contributed by atoms with E-state index in [2.05, 4.69) is 15.5 Å². The van der Waals surface area contributed by atoms with Crippen LogP contribution in [0, 0.1) is 17.1 Å². The highest BCUT2D eigenvalue weighted by Crippen LogP contribution is 2.20. The minimum Gasteiger partial charge on any atom is -0.352 e. The Morgan fingerprint density at radius 2 is 2.33 bits per heavy atom. The van der Waals surface area contributed by atoms with Crippen LogP contribution in [-0.4, -0.2) is 10.2 Å². The van der Waals surface area contributed by atoms with E-state index in [0.717, 1.165) is 5.69 Å². The molecule has 0 aliphatic heterocycles. The molecule has 1 aromatic carbocycles. The van der Waals surface area contributed by atoms with Crippen LogP contribution in [0.2, 0.25) is 0 Å². The summed E-state index contributed by atoms with van der Waals surface area (Å²) in [6, 6.07) is 5.91. The average Bonchev–Trinajstić information content (AvgIpc) is 2.73. The second-order valence-electron chi connectivity index (χ2n) is 2.91. The number of nitriles is 1. The van der Waals surface area contributed by atoms with Gasteiger partial charge in [-0.3, -0.25) is 5.10 Å². The SMILES string of the molecule is N#Cc1cc(F)ccc1Nc1cn[nH]c1. The fraction of sp³-hybridized carbons (Fsp3) is 0. The molecule has 0 unspecified atom stereocenters. The summed E-state index contributed by atoms with van der Waals surface area (Å²) in [5.74, 6) is -0.427. The molecule has 0 aliphatic rings. The molecule has 0 atom stereocenters. The Kier molecular flexibility index (Phi) is 2.33. The second kappa shape index (κ2) is 3.80. The first kappa shape index (κ1) is 9.21. The molecule has 15 heavy (non-hydrogen) atoms. The second-order valence-corrected chi connectivity index (χ2v) is 2.91. The molecule has 0 spiro atoms. The van der Waals surface area contributed by atoms with Crippen molar-refractivity contribution in [3.05, 3.63) is 42.0 Å². The third-order valence-electron chi connectivity index (χ3n) is 1.88. The van der Waals surface area contributed by atoms with Crippen LogP contribution in [0.1, 0.15) is 5.56 Å². The van der Waals surface area contributed by atoms with Crippen molar-refractivity contribution in [2.45, 2.75) is 0 Å². The Morgan fingerprint density at radius 1 is 1.47 bits per heavy atom. The first-order chi connectivity index (χ1) is 7.29. The largest absolute Gasteiger partial charge is 0.352 e. The van der Waals surface area contributed by atoms with E-state index in [1.54, 1.807) is 12.4 Å². The fourth-order valence-corrected chi connectivity index (χ4v) is 1.19. The van der Waals surface area contributed by atoms with Crippen LogP contribution in [0.25, 0.3) is 0 Å². The topological polar surface area (TPSA) is 64.5 Å². The number of benzene rings is 1. The van der Waals surface area contributed by atoms with E-state index in [0.29, 0.717) is 5.69 Å². The van der Waals surface area contributed by atoms with Crippen LogP contribution < -0.4 is 5.32 Å². The average molecular weight is 202 g/mol. The summed E-state index contributed by atoms with van der Waals surface area (Å²) in [6.07, 6.45) is 3.22. The van der Waals surface area contributed by atoms with Gasteiger partial charge in [-0.2, -0.15) is 10.4 Å². The molecule has 1 heterocycles. The van der Waals surface area contributed by atoms with E-state index >= 15 is 0 Å². The number of H-pyrrole nitrogens is 1. The van der Waals surface area contributed by atoms with Gasteiger partial charge >= 0.3 is 0 Å². The van der Waals surface area contributed by atoms with Crippen LogP contribution in [0.3, 0.4) is 0 Å². The third kappa shape index (κ3) is 1.94. The summed E-state index contributed by atoms with van der Waals surface area (Å²) in [5, 5.41) is 18.1. The molecule has 0 saturated heterocycles. The lowest BCUT2D eigenvalue weighted by Gasteiger charge is -2.04. The van der Waals surface area contributed by atoms with Crippen molar-refractivity contribution in [3.63, 3.8) is 0 Å². The van der Waals surface area contributed by atoms with E-state index in [-0.39, 0.29) is 5.56 Å². The lowest BCUT2D eigenvalue weighted by atomic mass is 10.2. The number of aromatic amines is 1. The Hall–Kier alpha value is -2.35. The number of hydrogen-bond acceptors (Lipinski definition) is 3. The summed E-state index contributed by atoms with van der Waals surface area (Å²) in [5.41, 5.74) is 1.54. The number of aromatic nitrogens is 2. The molecule has 5 heteroatoms. The minimum absolute atomic E-state index is 0.260. The smallest absolute Gasteiger partial charge is 0.124 e. The lowest BCUT2D eigenvalue weighted by molar-refractivity contribution is 0.627. The van der Waals surface area contributed by atoms with Crippen molar-refractivity contribution >= 4 is 11.4 Å². The third-order valence-corrected chi connectivity index (χ3v) is 1.88. The standard InChI is InChI=1S/C10H7FN4/c11-8-1-2-10(7(3-8)4-12)15-9-5-13-14-6-9/h1-3,5-6,15H,(H,13,14). The van der Waals surface area contributed by atoms with Gasteiger partial charge in [-0.05, 0) is 18.2 Å². The van der Waals surface area contributed by atoms with Crippen molar-refractivity contribution in [3.8, 4) is 6.07 Å². The zero-order valence-electron chi connectivity index (χ0n) is 7.66. The van der Waals surface area contributed by atoms with Gasteiger partial charge in [-0.15, -0.1) is 0 Å². The first-order valence-electron chi connectivity index (χ1n) is 4.25. The predicted octanol–water partition coefficient (Wildman–Crippen LogP) is 2.16. The van der Waals surface area contributed by atoms with Gasteiger partial charge in [-0.25, -0.2) is 4.39 Å². The maximum Gasteiger partial charge on any atom is 0.124 e. The monoisotopic (exact) mass is 202 g/mol. The summed E-state index contributed by atoms with van der Waals surface area (Å²) in [7, 11) is 0. The maximum atomic E-state index is 12.8. The van der Waals surface area contributed by atoms with E-state index in [1.165, 1.54) is 18.2 Å². The van der Waals surface area contributed by atoms with Crippen molar-refractivity contribution in [2.24, 2.45) is 0 Å². The Balaban J connectivity index is 2.33. The number of halogens is 1. The van der Waals surface area contributed by atoms with Gasteiger partial charge in [0.1, 0.15) is 11.9 Å². The Bertz CT molecular complexity index is 499. The van der Waals surface area contributed by atoms with Crippen molar-refractivity contribution in [1.82, 2.24) is 10.2 Å². The van der Waals surface area contributed by atoms with Crippen LogP contribution in [0.4, 0.5) is 15.8 Å². The summed E-state index contributed by atoms with van der Waals surface area (Å²) in [6.45, 7) is 0. The van der Waals surface area contributed by atoms with Crippen molar-refractivity contribution in [2.75, 3.05) is 5.32 Å². The molecule has 2 aromatic rings. The molecule has 2 N–H and O–H groups in total. The molecule has 4 nitrogen and oxygen atoms in total. The zero-order valence-corrected chi connectivity index (χ0v) is 7.66. The van der Waals surface area contributed by atoms with Gasteiger partial charge in [-0.1, -0.05) is 0 Å². The Labute approximate surface area is 85.4 Å². The lowest BCUT2D eigenvalue weighted by Crippen LogP contribution is -1.92. The maximum absolute atomic E-state index is 12.8. The van der Waals surface area contributed by atoms with E-state index in [4.69, 9.17) is 5.26 Å². The quantitative estimate of drug-likeness (QED) is 0.784. The van der Waals surface area contributed by atoms with E-state index in [1.807, 2.05) is 6.07 Å². The van der Waals surface area contributed by atoms with Crippen molar-refractivity contribution < 1.29 is 4.39 Å². The summed E-state index contributed by atoms with van der Waals surface area (Å²) >= 11 is 0. The number of nitrogens with one attached hydrogen (secondary N) is 2. The number of nitrogens with zero attached hydrogens (tertiary/aromatic N) is 2. The van der Waals surface area contributed by atoms with Crippen LogP contribution >= 0.6 is 0 Å². The van der Waals surface area contributed by atoms with Crippen LogP contribution in [0.15, 0.2) is 30.6 Å². The zero-order chi connectivity index (χ0) is 10.7. The molecule has 0 fully saturated rings. The van der Waals surface area contributed by atoms with Gasteiger partial charge in [0.2, 0.25) is 0 Å². The normalized spacial score (nSPS) is 9.60. The predicted molar refractivity (Wildman–Crippen MR) is 53.0 cm³/mol. The summed E-state index contributed by atoms with van der Waals surface area (Å²) in [4.78, 5) is 0. The van der Waals surface area contributed by atoms with E-state index in [9.17, 15) is 4.39 Å². The number of rotatable bonds is 2. The van der Waals surface area contributed by atoms with Gasteiger partial charge in [0, 0.05) is 6.20 Å². The molecule has 0 radical (unpaired) electrons. The van der Waals surface area contributed by atoms with Gasteiger partial charge < -0.3 is 5.32 Å². The molecule has 0 bridgehead atoms. The van der Waals surface area contributed by atoms with Crippen LogP contribution in [-0.2, 0) is 0 Å². The first-order valence-corrected chi connectivity index (χ1v) is 4.25. The van der Waals surface area contributed by atoms with E-state index < -0.39 is 5.82 Å². The molecular weight excluding hydrogens is 195 g/mol. The molecule has 1 aromatic heterocycles. The molecule has 0 saturated carbocycles. The minimum atomic E-state index is -0.427. The highest BCUT2D eigenvalue weighted by molar-refractivity contribution is 5.65. The van der Waals surface area contributed by atoms with Gasteiger partial charge in [0.05, 0.1) is 23.1 Å². The molecule has 0 aliphatic carbocycles. The molecule has 2 rings (SSSR count). The van der Waals surface area contributed by atoms with Crippen molar-refractivity contribution in [1.29, 1.82) is 5.26 Å².